The summed E-state index contributed by atoms with van der Waals surface area (Å²) in [6, 6.07) is 14.5. The van der Waals surface area contributed by atoms with Crippen LogP contribution in [0.3, 0.4) is 0 Å². The fourth-order valence-electron chi connectivity index (χ4n) is 1.61. The van der Waals surface area contributed by atoms with Gasteiger partial charge < -0.3 is 0 Å². The number of nitrogens with zero attached hydrogens (tertiary/aromatic N) is 1. The number of rotatable bonds is 1. The monoisotopic (exact) mass is 259 g/mol. The average Bonchev–Trinajstić information content (AvgIpc) is 2.28. The molecule has 0 heterocycles. The Bertz CT molecular complexity index is 540. The minimum absolute atomic E-state index is 0.0478. The summed E-state index contributed by atoms with van der Waals surface area (Å²) in [5.74, 6) is -0.0478. The fraction of sp³-hybridized carbons (Fsp3) is 0.154. The number of hydrogen-bond acceptors (Lipinski definition) is 1. The van der Waals surface area contributed by atoms with E-state index in [0.717, 1.165) is 10.0 Å². The van der Waals surface area contributed by atoms with E-state index in [-0.39, 0.29) is 5.92 Å². The Balaban J connectivity index is 2.63. The van der Waals surface area contributed by atoms with Gasteiger partial charge in [0.1, 0.15) is 0 Å². The summed E-state index contributed by atoms with van der Waals surface area (Å²) in [5, 5.41) is 11.2. The molecule has 0 fully saturated rings. The van der Waals surface area contributed by atoms with Crippen molar-refractivity contribution >= 4 is 26.7 Å². The largest absolute Gasteiger partial charge is 0.198 e. The van der Waals surface area contributed by atoms with Crippen LogP contribution < -0.4 is 0 Å². The van der Waals surface area contributed by atoms with Crippen molar-refractivity contribution in [1.82, 2.24) is 0 Å². The molecule has 0 radical (unpaired) electrons. The molecule has 2 rings (SSSR count). The van der Waals surface area contributed by atoms with E-state index in [4.69, 9.17) is 5.26 Å². The topological polar surface area (TPSA) is 23.8 Å². The van der Waals surface area contributed by atoms with E-state index in [1.165, 1.54) is 10.8 Å². The SMILES string of the molecule is CC(C#N)c1ccc2c(Br)cccc2c1. The molecule has 0 bridgehead atoms. The zero-order chi connectivity index (χ0) is 10.8. The molecule has 1 unspecified atom stereocenters. The molecule has 2 aromatic carbocycles. The molecule has 0 amide bonds. The smallest absolute Gasteiger partial charge is 0.0700 e. The standard InChI is InChI=1S/C13H10BrN/c1-9(8-15)10-5-6-12-11(7-10)3-2-4-13(12)14/h2-7,9H,1H3. The van der Waals surface area contributed by atoms with Crippen LogP contribution in [0, 0.1) is 11.3 Å². The summed E-state index contributed by atoms with van der Waals surface area (Å²) in [5.41, 5.74) is 1.07. The zero-order valence-electron chi connectivity index (χ0n) is 8.37. The molecule has 2 heteroatoms. The van der Waals surface area contributed by atoms with Crippen molar-refractivity contribution < 1.29 is 0 Å². The molecule has 2 aromatic rings. The lowest BCUT2D eigenvalue weighted by atomic mass is 9.99. The average molecular weight is 260 g/mol. The third-order valence-electron chi connectivity index (χ3n) is 2.54. The van der Waals surface area contributed by atoms with Crippen molar-refractivity contribution in [2.24, 2.45) is 0 Å². The first-order valence-electron chi connectivity index (χ1n) is 4.80. The van der Waals surface area contributed by atoms with Crippen LogP contribution in [-0.4, -0.2) is 0 Å². The molecule has 0 aliphatic rings. The van der Waals surface area contributed by atoms with E-state index in [1.807, 2.05) is 25.1 Å². The predicted octanol–water partition coefficient (Wildman–Crippen LogP) is 4.23. The Morgan fingerprint density at radius 3 is 2.80 bits per heavy atom. The predicted molar refractivity (Wildman–Crippen MR) is 65.7 cm³/mol. The Morgan fingerprint density at radius 2 is 2.07 bits per heavy atom. The Labute approximate surface area is 97.5 Å². The van der Waals surface area contributed by atoms with Crippen molar-refractivity contribution in [3.8, 4) is 6.07 Å². The highest BCUT2D eigenvalue weighted by molar-refractivity contribution is 9.10. The highest BCUT2D eigenvalue weighted by atomic mass is 79.9. The van der Waals surface area contributed by atoms with Gasteiger partial charge in [-0.1, -0.05) is 40.2 Å². The third kappa shape index (κ3) is 1.88. The summed E-state index contributed by atoms with van der Waals surface area (Å²) in [6.45, 7) is 1.92. The van der Waals surface area contributed by atoms with E-state index in [2.05, 4.69) is 40.2 Å². The van der Waals surface area contributed by atoms with Crippen molar-refractivity contribution in [3.05, 3.63) is 46.4 Å². The second kappa shape index (κ2) is 4.04. The van der Waals surface area contributed by atoms with Crippen molar-refractivity contribution in [2.75, 3.05) is 0 Å². The normalized spacial score (nSPS) is 12.3. The minimum atomic E-state index is -0.0478. The van der Waals surface area contributed by atoms with E-state index in [9.17, 15) is 0 Å². The first kappa shape index (κ1) is 10.2. The molecule has 74 valence electrons. The van der Waals surface area contributed by atoms with Crippen LogP contribution in [0.1, 0.15) is 18.4 Å². The molecule has 15 heavy (non-hydrogen) atoms. The van der Waals surface area contributed by atoms with Gasteiger partial charge in [0.25, 0.3) is 0 Å². The van der Waals surface area contributed by atoms with Gasteiger partial charge in [-0.2, -0.15) is 5.26 Å². The van der Waals surface area contributed by atoms with Crippen molar-refractivity contribution in [3.63, 3.8) is 0 Å². The van der Waals surface area contributed by atoms with Crippen molar-refractivity contribution in [2.45, 2.75) is 12.8 Å². The Hall–Kier alpha value is -1.33. The first-order chi connectivity index (χ1) is 7.22. The zero-order valence-corrected chi connectivity index (χ0v) is 9.95. The molecule has 1 atom stereocenters. The maximum absolute atomic E-state index is 8.86. The number of hydrogen-bond donors (Lipinski definition) is 0. The van der Waals surface area contributed by atoms with Gasteiger partial charge in [0.15, 0.2) is 0 Å². The van der Waals surface area contributed by atoms with Gasteiger partial charge in [0.2, 0.25) is 0 Å². The van der Waals surface area contributed by atoms with Gasteiger partial charge in [-0.3, -0.25) is 0 Å². The second-order valence-electron chi connectivity index (χ2n) is 3.57. The molecule has 0 N–H and O–H groups in total. The van der Waals surface area contributed by atoms with Gasteiger partial charge in [-0.25, -0.2) is 0 Å². The van der Waals surface area contributed by atoms with E-state index in [1.54, 1.807) is 0 Å². The van der Waals surface area contributed by atoms with E-state index < -0.39 is 0 Å². The van der Waals surface area contributed by atoms with Gasteiger partial charge in [-0.05, 0) is 35.4 Å². The van der Waals surface area contributed by atoms with Crippen LogP contribution in [0.25, 0.3) is 10.8 Å². The quantitative estimate of drug-likeness (QED) is 0.752. The molecular weight excluding hydrogens is 250 g/mol. The second-order valence-corrected chi connectivity index (χ2v) is 4.43. The molecule has 0 aromatic heterocycles. The Morgan fingerprint density at radius 1 is 1.27 bits per heavy atom. The minimum Gasteiger partial charge on any atom is -0.198 e. The van der Waals surface area contributed by atoms with Crippen molar-refractivity contribution in [1.29, 1.82) is 5.26 Å². The van der Waals surface area contributed by atoms with Gasteiger partial charge in [0, 0.05) is 4.47 Å². The van der Waals surface area contributed by atoms with Crippen LogP contribution in [0.15, 0.2) is 40.9 Å². The number of benzene rings is 2. The van der Waals surface area contributed by atoms with Crippen LogP contribution in [0.4, 0.5) is 0 Å². The highest BCUT2D eigenvalue weighted by Gasteiger charge is 2.05. The molecule has 0 aliphatic carbocycles. The maximum atomic E-state index is 8.86. The summed E-state index contributed by atoms with van der Waals surface area (Å²) in [4.78, 5) is 0. The lowest BCUT2D eigenvalue weighted by molar-refractivity contribution is 0.985. The van der Waals surface area contributed by atoms with E-state index in [0.29, 0.717) is 0 Å². The molecule has 1 nitrogen and oxygen atoms in total. The molecular formula is C13H10BrN. The molecule has 0 saturated heterocycles. The van der Waals surface area contributed by atoms with Crippen LogP contribution in [0.2, 0.25) is 0 Å². The molecule has 0 aliphatic heterocycles. The third-order valence-corrected chi connectivity index (χ3v) is 3.24. The van der Waals surface area contributed by atoms with Crippen LogP contribution in [0.5, 0.6) is 0 Å². The fourth-order valence-corrected chi connectivity index (χ4v) is 2.12. The lowest BCUT2D eigenvalue weighted by Crippen LogP contribution is -1.88. The van der Waals surface area contributed by atoms with Gasteiger partial charge in [0.05, 0.1) is 12.0 Å². The maximum Gasteiger partial charge on any atom is 0.0700 e. The molecule has 0 spiro atoms. The molecule has 0 saturated carbocycles. The summed E-state index contributed by atoms with van der Waals surface area (Å²) in [6.07, 6.45) is 0. The number of fused-ring (bicyclic) bond motifs is 1. The summed E-state index contributed by atoms with van der Waals surface area (Å²) < 4.78 is 1.09. The van der Waals surface area contributed by atoms with Crippen LogP contribution >= 0.6 is 15.9 Å². The first-order valence-corrected chi connectivity index (χ1v) is 5.59. The highest BCUT2D eigenvalue weighted by Crippen LogP contribution is 2.26. The summed E-state index contributed by atoms with van der Waals surface area (Å²) >= 11 is 3.51. The van der Waals surface area contributed by atoms with E-state index >= 15 is 0 Å². The van der Waals surface area contributed by atoms with Crippen LogP contribution in [-0.2, 0) is 0 Å². The van der Waals surface area contributed by atoms with Gasteiger partial charge in [-0.15, -0.1) is 0 Å². The lowest BCUT2D eigenvalue weighted by Gasteiger charge is -2.06. The number of halogens is 1. The number of nitriles is 1. The Kier molecular flexibility index (Phi) is 2.75. The van der Waals surface area contributed by atoms with Gasteiger partial charge >= 0.3 is 0 Å². The summed E-state index contributed by atoms with van der Waals surface area (Å²) in [7, 11) is 0.